The summed E-state index contributed by atoms with van der Waals surface area (Å²) in [6.45, 7) is 4.31. The number of benzene rings is 1. The van der Waals surface area contributed by atoms with Crippen LogP contribution >= 0.6 is 24.8 Å². The van der Waals surface area contributed by atoms with E-state index >= 15 is 0 Å². The van der Waals surface area contributed by atoms with Gasteiger partial charge < -0.3 is 26.4 Å². The zero-order valence-corrected chi connectivity index (χ0v) is 24.8. The second-order valence-electron chi connectivity index (χ2n) is 9.52. The Morgan fingerprint density at radius 3 is 2.52 bits per heavy atom. The van der Waals surface area contributed by atoms with Gasteiger partial charge in [0.1, 0.15) is 23.9 Å². The molecule has 2 aromatic rings. The first-order valence-electron chi connectivity index (χ1n) is 12.1. The number of nitrogens with one attached hydrogen (secondary N) is 1. The third-order valence-corrected chi connectivity index (χ3v) is 7.22. The predicted molar refractivity (Wildman–Crippen MR) is 162 cm³/mol. The molecule has 2 aliphatic rings. The van der Waals surface area contributed by atoms with E-state index in [4.69, 9.17) is 25.6 Å². The summed E-state index contributed by atoms with van der Waals surface area (Å²) in [7, 11) is -4.91. The number of ketones is 1. The standard InChI is InChI=1S/C23H29N7O8S2.CH4.H2S/c1-23(2)16(21(32)30(23)38-40(33,34)35)9-18(31)19(17-12-39-22(25)28-17)29-37-8-7-36-15-5-3-13(4-6-15)20-26-10-14(24)11-27-20;;/h3-6,12,14,16H,7-11,24H2,1-2H3,(H2,25,28)(H,26,27)(H,33,34,35);1H4;1H2/b29-19-;;. The van der Waals surface area contributed by atoms with Crippen molar-refractivity contribution < 1.29 is 36.4 Å². The highest BCUT2D eigenvalue weighted by molar-refractivity contribution is 7.80. The van der Waals surface area contributed by atoms with Gasteiger partial charge in [-0.1, -0.05) is 12.6 Å². The fourth-order valence-electron chi connectivity index (χ4n) is 4.05. The largest absolute Gasteiger partial charge is 0.490 e. The van der Waals surface area contributed by atoms with Crippen molar-refractivity contribution in [2.45, 2.75) is 39.3 Å². The van der Waals surface area contributed by atoms with Crippen LogP contribution in [-0.4, -0.2) is 84.1 Å². The fraction of sp³-hybridized carbons (Fsp3) is 0.458. The highest BCUT2D eigenvalue weighted by Crippen LogP contribution is 2.40. The first-order valence-corrected chi connectivity index (χ1v) is 14.3. The van der Waals surface area contributed by atoms with E-state index in [1.807, 2.05) is 12.1 Å². The number of β-lactam (4-membered cyclic amide) rings is 1. The summed E-state index contributed by atoms with van der Waals surface area (Å²) < 4.78 is 41.0. The molecular weight excluding hydrogens is 611 g/mol. The first-order chi connectivity index (χ1) is 18.8. The Balaban J connectivity index is 0.00000308. The molecule has 1 fully saturated rings. The van der Waals surface area contributed by atoms with Gasteiger partial charge in [0.25, 0.3) is 5.91 Å². The molecule has 2 aliphatic heterocycles. The number of amidine groups is 1. The highest BCUT2D eigenvalue weighted by Gasteiger charge is 2.57. The van der Waals surface area contributed by atoms with Crippen LogP contribution in [-0.2, 0) is 29.1 Å². The maximum atomic E-state index is 13.1. The summed E-state index contributed by atoms with van der Waals surface area (Å²) in [5, 5.41) is 9.35. The molecule has 232 valence electrons. The fourth-order valence-corrected chi connectivity index (χ4v) is 5.05. The zero-order chi connectivity index (χ0) is 29.1. The van der Waals surface area contributed by atoms with Crippen molar-refractivity contribution in [1.82, 2.24) is 15.4 Å². The summed E-state index contributed by atoms with van der Waals surface area (Å²) in [6.07, 6.45) is -0.342. The number of ether oxygens (including phenoxy) is 1. The van der Waals surface area contributed by atoms with E-state index in [1.54, 1.807) is 12.1 Å². The number of hydroxylamine groups is 2. The van der Waals surface area contributed by atoms with Crippen molar-refractivity contribution in [2.24, 2.45) is 21.8 Å². The number of amides is 1. The minimum absolute atomic E-state index is 0. The van der Waals surface area contributed by atoms with Crippen LogP contribution in [0.5, 0.6) is 5.75 Å². The molecule has 6 N–H and O–H groups in total. The average Bonchev–Trinajstić information content (AvgIpc) is 3.33. The number of nitrogen functional groups attached to an aromatic ring is 1. The Labute approximate surface area is 254 Å². The van der Waals surface area contributed by atoms with Crippen molar-refractivity contribution >= 4 is 63.6 Å². The number of aromatic nitrogens is 1. The van der Waals surface area contributed by atoms with Gasteiger partial charge in [-0.15, -0.1) is 15.6 Å². The van der Waals surface area contributed by atoms with Crippen molar-refractivity contribution in [1.29, 1.82) is 0 Å². The highest BCUT2D eigenvalue weighted by atomic mass is 32.3. The lowest BCUT2D eigenvalue weighted by molar-refractivity contribution is -0.228. The summed E-state index contributed by atoms with van der Waals surface area (Å²) in [5.41, 5.74) is 11.3. The Kier molecular flexibility index (Phi) is 11.8. The van der Waals surface area contributed by atoms with Gasteiger partial charge in [-0.3, -0.25) is 19.1 Å². The van der Waals surface area contributed by atoms with Gasteiger partial charge >= 0.3 is 10.4 Å². The summed E-state index contributed by atoms with van der Waals surface area (Å²) >= 11 is 1.09. The molecule has 0 saturated carbocycles. The number of nitrogens with zero attached hydrogens (tertiary/aromatic N) is 4. The first kappa shape index (κ1) is 34.9. The third-order valence-electron chi connectivity index (χ3n) is 6.20. The number of carbonyl (C=O) groups excluding carboxylic acids is 2. The minimum Gasteiger partial charge on any atom is -0.490 e. The molecule has 1 saturated heterocycles. The van der Waals surface area contributed by atoms with Crippen LogP contribution in [0.25, 0.3) is 0 Å². The van der Waals surface area contributed by atoms with E-state index in [0.29, 0.717) is 23.9 Å². The number of carbonyl (C=O) groups is 2. The SMILES string of the molecule is C.CC1(C)C(CC(=O)/C(=N\OCCOc2ccc(C3=NCC(N)CN3)cc2)c2csc(N)n2)C(=O)N1OS(=O)(=O)O.S. The molecule has 18 heteroatoms. The van der Waals surface area contributed by atoms with E-state index in [9.17, 15) is 18.0 Å². The molecule has 0 aliphatic carbocycles. The number of Topliss-reactive ketones (excluding diaryl/α,β-unsaturated/α-hetero) is 1. The lowest BCUT2D eigenvalue weighted by atomic mass is 9.74. The molecule has 1 aromatic heterocycles. The average molecular weight is 646 g/mol. The molecular formula is C24H35N7O8S3. The van der Waals surface area contributed by atoms with E-state index in [1.165, 1.54) is 19.2 Å². The van der Waals surface area contributed by atoms with Gasteiger partial charge in [0.05, 0.1) is 18.0 Å². The van der Waals surface area contributed by atoms with Gasteiger partial charge in [0.15, 0.2) is 23.2 Å². The van der Waals surface area contributed by atoms with Crippen molar-refractivity contribution in [3.8, 4) is 5.75 Å². The Morgan fingerprint density at radius 1 is 1.29 bits per heavy atom. The van der Waals surface area contributed by atoms with Crippen LogP contribution in [0.2, 0.25) is 0 Å². The number of aliphatic imine (C=N–C) groups is 1. The normalized spacial score (nSPS) is 19.8. The molecule has 1 aromatic carbocycles. The van der Waals surface area contributed by atoms with E-state index in [2.05, 4.69) is 24.7 Å². The number of hydrogen-bond acceptors (Lipinski definition) is 14. The van der Waals surface area contributed by atoms with Gasteiger partial charge in [-0.05, 0) is 38.1 Å². The van der Waals surface area contributed by atoms with Crippen LogP contribution in [0.3, 0.4) is 0 Å². The molecule has 0 bridgehead atoms. The number of oxime groups is 1. The molecule has 4 rings (SSSR count). The lowest BCUT2D eigenvalue weighted by Crippen LogP contribution is -2.68. The van der Waals surface area contributed by atoms with Crippen LogP contribution in [0.4, 0.5) is 5.13 Å². The molecule has 0 radical (unpaired) electrons. The summed E-state index contributed by atoms with van der Waals surface area (Å²) in [6, 6.07) is 7.31. The number of rotatable bonds is 12. The molecule has 15 nitrogen and oxygen atoms in total. The quantitative estimate of drug-likeness (QED) is 0.0831. The smallest absolute Gasteiger partial charge is 0.418 e. The molecule has 0 spiro atoms. The number of nitrogens with two attached hydrogens (primary N) is 2. The topological polar surface area (TPSA) is 221 Å². The minimum atomic E-state index is -4.91. The van der Waals surface area contributed by atoms with Gasteiger partial charge in [-0.25, -0.2) is 4.98 Å². The second-order valence-corrected chi connectivity index (χ2v) is 11.4. The lowest BCUT2D eigenvalue weighted by Gasteiger charge is -2.50. The maximum absolute atomic E-state index is 13.1. The molecule has 42 heavy (non-hydrogen) atoms. The van der Waals surface area contributed by atoms with E-state index in [0.717, 1.165) is 22.7 Å². The van der Waals surface area contributed by atoms with Crippen LogP contribution in [0.1, 0.15) is 39.0 Å². The number of hydrogen-bond donors (Lipinski definition) is 4. The Morgan fingerprint density at radius 2 is 1.98 bits per heavy atom. The Hall–Kier alpha value is -3.29. The van der Waals surface area contributed by atoms with Crippen molar-refractivity contribution in [3.63, 3.8) is 0 Å². The molecule has 2 unspecified atom stereocenters. The second kappa shape index (κ2) is 14.3. The van der Waals surface area contributed by atoms with Gasteiger partial charge in [0.2, 0.25) is 0 Å². The van der Waals surface area contributed by atoms with Crippen LogP contribution in [0, 0.1) is 5.92 Å². The van der Waals surface area contributed by atoms with Gasteiger partial charge in [0, 0.05) is 30.0 Å². The van der Waals surface area contributed by atoms with Crippen molar-refractivity contribution in [3.05, 3.63) is 40.9 Å². The summed E-state index contributed by atoms with van der Waals surface area (Å²) in [4.78, 5) is 39.4. The van der Waals surface area contributed by atoms with E-state index < -0.39 is 33.5 Å². The summed E-state index contributed by atoms with van der Waals surface area (Å²) in [5.74, 6) is -0.948. The number of anilines is 1. The molecule has 1 amide bonds. The van der Waals surface area contributed by atoms with Crippen LogP contribution in [0.15, 0.2) is 39.8 Å². The third kappa shape index (κ3) is 8.39. The number of thiazole rings is 1. The maximum Gasteiger partial charge on any atom is 0.418 e. The molecule has 3 heterocycles. The van der Waals surface area contributed by atoms with Gasteiger partial charge in [-0.2, -0.15) is 27.0 Å². The zero-order valence-electron chi connectivity index (χ0n) is 22.1. The predicted octanol–water partition coefficient (Wildman–Crippen LogP) is 0.882. The Bertz CT molecular complexity index is 1430. The molecule has 2 atom stereocenters. The van der Waals surface area contributed by atoms with E-state index in [-0.39, 0.29) is 63.1 Å². The van der Waals surface area contributed by atoms with Crippen molar-refractivity contribution in [2.75, 3.05) is 32.0 Å². The van der Waals surface area contributed by atoms with Crippen LogP contribution < -0.4 is 21.5 Å². The monoisotopic (exact) mass is 645 g/mol.